The van der Waals surface area contributed by atoms with Gasteiger partial charge in [-0.05, 0) is 11.1 Å². The Balaban J connectivity index is 1.84. The van der Waals surface area contributed by atoms with Gasteiger partial charge in [-0.2, -0.15) is 11.1 Å². The molecule has 0 aromatic carbocycles. The molecule has 0 nitrogen and oxygen atoms in total. The lowest BCUT2D eigenvalue weighted by atomic mass is 10.3. The molecule has 69 valence electrons. The monoisotopic (exact) mass is 201 g/mol. The summed E-state index contributed by atoms with van der Waals surface area (Å²) in [7, 11) is -0.473. The first kappa shape index (κ1) is 9.08. The van der Waals surface area contributed by atoms with Crippen molar-refractivity contribution in [1.29, 1.82) is 0 Å². The standard InChI is InChI=1S/C10H18ClSi/c11-12(9-5-1-2-6-9)10-7-3-4-8-10/h9-10H,1-8H2. The van der Waals surface area contributed by atoms with E-state index in [9.17, 15) is 0 Å². The van der Waals surface area contributed by atoms with Crippen molar-refractivity contribution in [1.82, 2.24) is 0 Å². The summed E-state index contributed by atoms with van der Waals surface area (Å²) in [6.07, 6.45) is 11.6. The number of halogens is 1. The molecule has 0 spiro atoms. The van der Waals surface area contributed by atoms with E-state index in [2.05, 4.69) is 0 Å². The fourth-order valence-electron chi connectivity index (χ4n) is 2.74. The third-order valence-electron chi connectivity index (χ3n) is 3.49. The molecule has 0 unspecified atom stereocenters. The van der Waals surface area contributed by atoms with E-state index < -0.39 is 8.11 Å². The summed E-state index contributed by atoms with van der Waals surface area (Å²) < 4.78 is 0. The van der Waals surface area contributed by atoms with Crippen LogP contribution in [-0.4, -0.2) is 8.11 Å². The van der Waals surface area contributed by atoms with Gasteiger partial charge in [0.1, 0.15) is 0 Å². The Morgan fingerprint density at radius 1 is 0.750 bits per heavy atom. The van der Waals surface area contributed by atoms with Crippen molar-refractivity contribution in [2.75, 3.05) is 0 Å². The van der Waals surface area contributed by atoms with Gasteiger partial charge >= 0.3 is 0 Å². The predicted octanol–water partition coefficient (Wildman–Crippen LogP) is 4.11. The van der Waals surface area contributed by atoms with E-state index in [1.807, 2.05) is 0 Å². The molecule has 0 aromatic heterocycles. The van der Waals surface area contributed by atoms with E-state index in [-0.39, 0.29) is 0 Å². The Labute approximate surface area is 82.0 Å². The zero-order chi connectivity index (χ0) is 8.39. The van der Waals surface area contributed by atoms with Crippen LogP contribution in [0.2, 0.25) is 11.1 Å². The highest BCUT2D eigenvalue weighted by molar-refractivity contribution is 7.08. The Bertz CT molecular complexity index is 121. The van der Waals surface area contributed by atoms with E-state index in [4.69, 9.17) is 11.1 Å². The van der Waals surface area contributed by atoms with Crippen LogP contribution in [0.25, 0.3) is 0 Å². The molecular formula is C10H18ClSi. The summed E-state index contributed by atoms with van der Waals surface area (Å²) in [6, 6.07) is 0. The first-order chi connectivity index (χ1) is 5.88. The van der Waals surface area contributed by atoms with E-state index in [0.29, 0.717) is 0 Å². The van der Waals surface area contributed by atoms with Crippen LogP contribution < -0.4 is 0 Å². The van der Waals surface area contributed by atoms with Crippen molar-refractivity contribution in [2.45, 2.75) is 62.4 Å². The average Bonchev–Trinajstić information content (AvgIpc) is 2.77. The second-order valence-electron chi connectivity index (χ2n) is 4.35. The van der Waals surface area contributed by atoms with Gasteiger partial charge in [-0.1, -0.05) is 51.4 Å². The molecule has 2 rings (SSSR count). The first-order valence-electron chi connectivity index (χ1n) is 5.40. The topological polar surface area (TPSA) is 0 Å². The maximum atomic E-state index is 6.60. The molecule has 2 fully saturated rings. The van der Waals surface area contributed by atoms with Gasteiger partial charge in [-0.25, -0.2) is 0 Å². The number of rotatable bonds is 2. The van der Waals surface area contributed by atoms with Crippen molar-refractivity contribution in [2.24, 2.45) is 0 Å². The SMILES string of the molecule is Cl[Si](C1CCCC1)C1CCCC1. The fraction of sp³-hybridized carbons (Fsp3) is 1.00. The lowest BCUT2D eigenvalue weighted by molar-refractivity contribution is 0.789. The summed E-state index contributed by atoms with van der Waals surface area (Å²) in [6.45, 7) is 0. The van der Waals surface area contributed by atoms with Crippen LogP contribution in [0.1, 0.15) is 51.4 Å². The highest BCUT2D eigenvalue weighted by atomic mass is 35.6. The molecule has 12 heavy (non-hydrogen) atoms. The smallest absolute Gasteiger partial charge is 0.168 e. The summed E-state index contributed by atoms with van der Waals surface area (Å²) in [5, 5.41) is 0. The summed E-state index contributed by atoms with van der Waals surface area (Å²) in [4.78, 5) is 0. The summed E-state index contributed by atoms with van der Waals surface area (Å²) >= 11 is 6.60. The normalized spacial score (nSPS) is 27.5. The molecular weight excluding hydrogens is 184 g/mol. The molecule has 0 aromatic rings. The van der Waals surface area contributed by atoms with Crippen molar-refractivity contribution in [3.8, 4) is 0 Å². The summed E-state index contributed by atoms with van der Waals surface area (Å²) in [5.74, 6) is 0. The van der Waals surface area contributed by atoms with Gasteiger partial charge < -0.3 is 0 Å². The van der Waals surface area contributed by atoms with E-state index >= 15 is 0 Å². The summed E-state index contributed by atoms with van der Waals surface area (Å²) in [5.41, 5.74) is 1.94. The highest BCUT2D eigenvalue weighted by Crippen LogP contribution is 2.44. The van der Waals surface area contributed by atoms with E-state index in [1.165, 1.54) is 51.4 Å². The second kappa shape index (κ2) is 4.14. The van der Waals surface area contributed by atoms with Crippen LogP contribution in [-0.2, 0) is 0 Å². The minimum absolute atomic E-state index is 0.473. The van der Waals surface area contributed by atoms with Gasteiger partial charge in [0.05, 0.1) is 0 Å². The molecule has 0 aliphatic heterocycles. The van der Waals surface area contributed by atoms with Crippen molar-refractivity contribution < 1.29 is 0 Å². The van der Waals surface area contributed by atoms with Gasteiger partial charge in [-0.3, -0.25) is 0 Å². The molecule has 2 aliphatic carbocycles. The average molecular weight is 202 g/mol. The lowest BCUT2D eigenvalue weighted by Gasteiger charge is -2.19. The van der Waals surface area contributed by atoms with Gasteiger partial charge in [0, 0.05) is 0 Å². The third kappa shape index (κ3) is 1.87. The van der Waals surface area contributed by atoms with E-state index in [1.54, 1.807) is 0 Å². The Morgan fingerprint density at radius 3 is 1.42 bits per heavy atom. The first-order valence-corrected chi connectivity index (χ1v) is 8.07. The zero-order valence-corrected chi connectivity index (χ0v) is 9.45. The molecule has 1 radical (unpaired) electrons. The Morgan fingerprint density at radius 2 is 1.08 bits per heavy atom. The van der Waals surface area contributed by atoms with E-state index in [0.717, 1.165) is 11.1 Å². The Hall–Kier alpha value is 0.507. The maximum Gasteiger partial charge on any atom is 0.171 e. The minimum atomic E-state index is -0.473. The third-order valence-corrected chi connectivity index (χ3v) is 8.06. The van der Waals surface area contributed by atoms with Crippen molar-refractivity contribution in [3.05, 3.63) is 0 Å². The quantitative estimate of drug-likeness (QED) is 0.466. The molecule has 0 bridgehead atoms. The lowest BCUT2D eigenvalue weighted by Crippen LogP contribution is -2.17. The van der Waals surface area contributed by atoms with Crippen molar-refractivity contribution in [3.63, 3.8) is 0 Å². The minimum Gasteiger partial charge on any atom is -0.168 e. The highest BCUT2D eigenvalue weighted by Gasteiger charge is 2.33. The second-order valence-corrected chi connectivity index (χ2v) is 8.06. The zero-order valence-electron chi connectivity index (χ0n) is 7.69. The van der Waals surface area contributed by atoms with Crippen LogP contribution in [0.15, 0.2) is 0 Å². The van der Waals surface area contributed by atoms with Crippen LogP contribution in [0.5, 0.6) is 0 Å². The largest absolute Gasteiger partial charge is 0.171 e. The van der Waals surface area contributed by atoms with Crippen LogP contribution >= 0.6 is 11.1 Å². The van der Waals surface area contributed by atoms with Crippen LogP contribution in [0.4, 0.5) is 0 Å². The predicted molar refractivity (Wildman–Crippen MR) is 56.0 cm³/mol. The Kier molecular flexibility index (Phi) is 3.14. The number of hydrogen-bond acceptors (Lipinski definition) is 0. The van der Waals surface area contributed by atoms with Crippen LogP contribution in [0, 0.1) is 0 Å². The van der Waals surface area contributed by atoms with Crippen molar-refractivity contribution >= 4 is 19.2 Å². The molecule has 2 heteroatoms. The molecule has 0 saturated heterocycles. The molecule has 0 N–H and O–H groups in total. The molecule has 2 aliphatic rings. The molecule has 0 atom stereocenters. The van der Waals surface area contributed by atoms with Gasteiger partial charge in [-0.15, -0.1) is 0 Å². The van der Waals surface area contributed by atoms with Gasteiger partial charge in [0.15, 0.2) is 8.11 Å². The molecule has 0 amide bonds. The van der Waals surface area contributed by atoms with Crippen LogP contribution in [0.3, 0.4) is 0 Å². The van der Waals surface area contributed by atoms with Gasteiger partial charge in [0.25, 0.3) is 0 Å². The molecule has 0 heterocycles. The fourth-order valence-corrected chi connectivity index (χ4v) is 6.63. The van der Waals surface area contributed by atoms with Gasteiger partial charge in [0.2, 0.25) is 0 Å². The maximum absolute atomic E-state index is 6.60. The molecule has 2 saturated carbocycles. The number of hydrogen-bond donors (Lipinski definition) is 0.